The van der Waals surface area contributed by atoms with Gasteiger partial charge in [0.15, 0.2) is 0 Å². The Morgan fingerprint density at radius 1 is 1.18 bits per heavy atom. The summed E-state index contributed by atoms with van der Waals surface area (Å²) in [6.07, 6.45) is 9.27. The molecular weight excluding hydrogens is 432 g/mol. The Kier molecular flexibility index (Phi) is 8.12. The van der Waals surface area contributed by atoms with Crippen LogP contribution in [0.4, 0.5) is 0 Å². The molecular formula is C26H40N4O2S. The predicted molar refractivity (Wildman–Crippen MR) is 136 cm³/mol. The lowest BCUT2D eigenvalue weighted by Crippen LogP contribution is -2.48. The average molecular weight is 473 g/mol. The van der Waals surface area contributed by atoms with E-state index in [1.807, 2.05) is 22.6 Å². The second-order valence-electron chi connectivity index (χ2n) is 9.90. The van der Waals surface area contributed by atoms with Gasteiger partial charge in [-0.25, -0.2) is 0 Å². The van der Waals surface area contributed by atoms with Gasteiger partial charge in [-0.2, -0.15) is 0 Å². The fraction of sp³-hybridized carbons (Fsp3) is 0.692. The summed E-state index contributed by atoms with van der Waals surface area (Å²) in [5, 5.41) is 5.27. The molecule has 2 aliphatic rings. The zero-order chi connectivity index (χ0) is 23.4. The summed E-state index contributed by atoms with van der Waals surface area (Å²) >= 11 is 1.66. The molecule has 1 N–H and O–H groups in total. The van der Waals surface area contributed by atoms with Crippen molar-refractivity contribution in [2.75, 3.05) is 26.2 Å². The fourth-order valence-electron chi connectivity index (χ4n) is 5.62. The van der Waals surface area contributed by atoms with Gasteiger partial charge in [0.25, 0.3) is 5.91 Å². The number of carbonyl (C=O) groups excluding carboxylic acids is 2. The minimum absolute atomic E-state index is 0.0117. The van der Waals surface area contributed by atoms with E-state index in [9.17, 15) is 9.59 Å². The van der Waals surface area contributed by atoms with E-state index in [-0.39, 0.29) is 17.7 Å². The topological polar surface area (TPSA) is 57.6 Å². The SMILES string of the molecule is CC[C@H](C)N(CCNC(=O)C1CCN(C(=O)c2cc3sccc3n2C)CC1)C1CCCCC1. The second-order valence-corrected chi connectivity index (χ2v) is 10.9. The van der Waals surface area contributed by atoms with Crippen LogP contribution >= 0.6 is 11.3 Å². The van der Waals surface area contributed by atoms with E-state index in [1.165, 1.54) is 32.1 Å². The van der Waals surface area contributed by atoms with Crippen molar-refractivity contribution in [3.63, 3.8) is 0 Å². The summed E-state index contributed by atoms with van der Waals surface area (Å²) in [6.45, 7) is 7.53. The number of rotatable bonds is 8. The highest BCUT2D eigenvalue weighted by molar-refractivity contribution is 7.17. The highest BCUT2D eigenvalue weighted by atomic mass is 32.1. The molecule has 7 heteroatoms. The highest BCUT2D eigenvalue weighted by Crippen LogP contribution is 2.27. The number of amides is 2. The van der Waals surface area contributed by atoms with Crippen LogP contribution in [-0.4, -0.2) is 64.4 Å². The molecule has 3 heterocycles. The van der Waals surface area contributed by atoms with Gasteiger partial charge in [0.2, 0.25) is 5.91 Å². The molecule has 0 aromatic carbocycles. The lowest BCUT2D eigenvalue weighted by atomic mass is 9.93. The van der Waals surface area contributed by atoms with E-state index >= 15 is 0 Å². The van der Waals surface area contributed by atoms with Crippen LogP contribution in [-0.2, 0) is 11.8 Å². The predicted octanol–water partition coefficient (Wildman–Crippen LogP) is 4.64. The Hall–Kier alpha value is -1.86. The highest BCUT2D eigenvalue weighted by Gasteiger charge is 2.30. The van der Waals surface area contributed by atoms with Crippen molar-refractivity contribution in [1.29, 1.82) is 0 Å². The van der Waals surface area contributed by atoms with Gasteiger partial charge in [-0.15, -0.1) is 11.3 Å². The number of fused-ring (bicyclic) bond motifs is 1. The van der Waals surface area contributed by atoms with Crippen LogP contribution < -0.4 is 5.32 Å². The van der Waals surface area contributed by atoms with Crippen LogP contribution in [0.15, 0.2) is 17.5 Å². The molecule has 1 saturated carbocycles. The maximum atomic E-state index is 13.1. The van der Waals surface area contributed by atoms with Crippen LogP contribution in [0.25, 0.3) is 10.2 Å². The summed E-state index contributed by atoms with van der Waals surface area (Å²) < 4.78 is 3.14. The maximum absolute atomic E-state index is 13.1. The van der Waals surface area contributed by atoms with E-state index < -0.39 is 0 Å². The lowest BCUT2D eigenvalue weighted by molar-refractivity contribution is -0.126. The van der Waals surface area contributed by atoms with Crippen molar-refractivity contribution in [3.8, 4) is 0 Å². The second kappa shape index (κ2) is 11.0. The van der Waals surface area contributed by atoms with Crippen molar-refractivity contribution < 1.29 is 9.59 Å². The number of likely N-dealkylation sites (tertiary alicyclic amines) is 1. The summed E-state index contributed by atoms with van der Waals surface area (Å²) in [4.78, 5) is 30.4. The average Bonchev–Trinajstić information content (AvgIpc) is 3.44. The van der Waals surface area contributed by atoms with Crippen LogP contribution in [0.3, 0.4) is 0 Å². The minimum atomic E-state index is 0.0117. The molecule has 2 amide bonds. The molecule has 2 aromatic rings. The molecule has 1 aliphatic heterocycles. The largest absolute Gasteiger partial charge is 0.355 e. The quantitative estimate of drug-likeness (QED) is 0.609. The summed E-state index contributed by atoms with van der Waals surface area (Å²) in [5.74, 6) is 0.253. The molecule has 1 aliphatic carbocycles. The molecule has 33 heavy (non-hydrogen) atoms. The third-order valence-corrected chi connectivity index (χ3v) is 8.76. The molecule has 0 unspecified atom stereocenters. The number of hydrogen-bond acceptors (Lipinski definition) is 4. The van der Waals surface area contributed by atoms with E-state index in [0.717, 1.165) is 48.3 Å². The number of nitrogens with zero attached hydrogens (tertiary/aromatic N) is 3. The normalized spacial score (nSPS) is 19.3. The van der Waals surface area contributed by atoms with Gasteiger partial charge in [0, 0.05) is 51.2 Å². The Balaban J connectivity index is 1.24. The molecule has 1 saturated heterocycles. The molecule has 0 spiro atoms. The molecule has 2 fully saturated rings. The van der Waals surface area contributed by atoms with Gasteiger partial charge in [0.1, 0.15) is 5.69 Å². The zero-order valence-electron chi connectivity index (χ0n) is 20.5. The summed E-state index contributed by atoms with van der Waals surface area (Å²) in [6, 6.07) is 5.29. The Morgan fingerprint density at radius 2 is 1.91 bits per heavy atom. The molecule has 6 nitrogen and oxygen atoms in total. The first kappa shape index (κ1) is 24.3. The van der Waals surface area contributed by atoms with Crippen molar-refractivity contribution >= 4 is 33.4 Å². The number of hydrogen-bond donors (Lipinski definition) is 1. The molecule has 1 atom stereocenters. The lowest BCUT2D eigenvalue weighted by Gasteiger charge is -2.38. The summed E-state index contributed by atoms with van der Waals surface area (Å²) in [7, 11) is 1.96. The zero-order valence-corrected chi connectivity index (χ0v) is 21.3. The van der Waals surface area contributed by atoms with Gasteiger partial charge in [-0.3, -0.25) is 14.5 Å². The fourth-order valence-corrected chi connectivity index (χ4v) is 6.47. The smallest absolute Gasteiger partial charge is 0.270 e. The number of nitrogens with one attached hydrogen (secondary N) is 1. The first-order valence-electron chi connectivity index (χ1n) is 12.8. The van der Waals surface area contributed by atoms with Crippen LogP contribution in [0.1, 0.15) is 75.7 Å². The number of thiophene rings is 1. The van der Waals surface area contributed by atoms with Gasteiger partial charge in [-0.1, -0.05) is 26.2 Å². The third-order valence-electron chi connectivity index (χ3n) is 7.91. The van der Waals surface area contributed by atoms with Crippen molar-refractivity contribution in [1.82, 2.24) is 19.7 Å². The third kappa shape index (κ3) is 5.46. The number of piperidine rings is 1. The molecule has 4 rings (SSSR count). The first-order chi connectivity index (χ1) is 16.0. The summed E-state index contributed by atoms with van der Waals surface area (Å²) in [5.41, 5.74) is 1.85. The van der Waals surface area contributed by atoms with Crippen LogP contribution in [0.2, 0.25) is 0 Å². The first-order valence-corrected chi connectivity index (χ1v) is 13.7. The van der Waals surface area contributed by atoms with Gasteiger partial charge >= 0.3 is 0 Å². The molecule has 0 bridgehead atoms. The standard InChI is InChI=1S/C26H40N4O2S/c1-4-19(2)30(21-8-6-5-7-9-21)16-13-27-25(31)20-10-14-29(15-11-20)26(32)23-18-24-22(28(23)3)12-17-33-24/h12,17-21H,4-11,13-16H2,1-3H3,(H,27,31)/t19-/m0/s1. The number of aromatic nitrogens is 1. The minimum Gasteiger partial charge on any atom is -0.355 e. The monoisotopic (exact) mass is 472 g/mol. The van der Waals surface area contributed by atoms with E-state index in [4.69, 9.17) is 0 Å². The Morgan fingerprint density at radius 3 is 2.58 bits per heavy atom. The number of aryl methyl sites for hydroxylation is 1. The maximum Gasteiger partial charge on any atom is 0.270 e. The Bertz CT molecular complexity index is 937. The molecule has 0 radical (unpaired) electrons. The van der Waals surface area contributed by atoms with Gasteiger partial charge < -0.3 is 14.8 Å². The Labute approximate surface area is 202 Å². The van der Waals surface area contributed by atoms with E-state index in [2.05, 4.69) is 35.5 Å². The van der Waals surface area contributed by atoms with Crippen LogP contribution in [0, 0.1) is 5.92 Å². The van der Waals surface area contributed by atoms with Crippen molar-refractivity contribution in [2.45, 2.75) is 77.3 Å². The van der Waals surface area contributed by atoms with Gasteiger partial charge in [-0.05, 0) is 56.5 Å². The molecule has 2 aromatic heterocycles. The van der Waals surface area contributed by atoms with E-state index in [0.29, 0.717) is 25.2 Å². The van der Waals surface area contributed by atoms with Crippen molar-refractivity contribution in [2.24, 2.45) is 13.0 Å². The van der Waals surface area contributed by atoms with Gasteiger partial charge in [0.05, 0.1) is 10.2 Å². The van der Waals surface area contributed by atoms with E-state index in [1.54, 1.807) is 11.3 Å². The number of carbonyl (C=O) groups is 2. The van der Waals surface area contributed by atoms with Crippen molar-refractivity contribution in [3.05, 3.63) is 23.2 Å². The van der Waals surface area contributed by atoms with Crippen LogP contribution in [0.5, 0.6) is 0 Å². The molecule has 182 valence electrons.